The van der Waals surface area contributed by atoms with Crippen molar-refractivity contribution >= 4 is 6.08 Å². The van der Waals surface area contributed by atoms with Gasteiger partial charge in [0.1, 0.15) is 11.5 Å². The first kappa shape index (κ1) is 19.7. The van der Waals surface area contributed by atoms with E-state index in [2.05, 4.69) is 16.6 Å². The second-order valence-electron chi connectivity index (χ2n) is 5.98. The van der Waals surface area contributed by atoms with Crippen LogP contribution in [0.4, 0.5) is 26.3 Å². The van der Waals surface area contributed by atoms with Crippen LogP contribution in [0.15, 0.2) is 48.0 Å². The lowest BCUT2D eigenvalue weighted by Gasteiger charge is -2.28. The maximum absolute atomic E-state index is 13.2. The Hall–Kier alpha value is -3.08. The third-order valence-corrected chi connectivity index (χ3v) is 3.77. The summed E-state index contributed by atoms with van der Waals surface area (Å²) in [5.74, 6) is 4.44. The van der Waals surface area contributed by atoms with Gasteiger partial charge in [-0.3, -0.25) is 0 Å². The highest BCUT2D eigenvalue weighted by atomic mass is 19.4. The van der Waals surface area contributed by atoms with Gasteiger partial charge in [-0.05, 0) is 42.8 Å². The van der Waals surface area contributed by atoms with Gasteiger partial charge in [0.15, 0.2) is 0 Å². The number of ether oxygens (including phenoxy) is 2. The highest BCUT2D eigenvalue weighted by Gasteiger charge is 2.45. The maximum atomic E-state index is 13.2. The van der Waals surface area contributed by atoms with Crippen LogP contribution in [-0.2, 0) is 0 Å². The summed E-state index contributed by atoms with van der Waals surface area (Å²) in [5, 5.41) is 0. The number of alkyl halides is 6. The van der Waals surface area contributed by atoms with Gasteiger partial charge >= 0.3 is 12.5 Å². The summed E-state index contributed by atoms with van der Waals surface area (Å²) >= 11 is 0. The predicted octanol–water partition coefficient (Wildman–Crippen LogP) is 5.71. The monoisotopic (exact) mass is 398 g/mol. The normalized spacial score (nSPS) is 16.2. The van der Waals surface area contributed by atoms with Crippen molar-refractivity contribution in [2.75, 3.05) is 0 Å². The SMILES string of the molecule is CC1=Cc2cc(OC(F)(F)F)cc(C#Cc3ccccc3)c2OC1C(F)(F)F. The molecule has 1 unspecified atom stereocenters. The Bertz CT molecular complexity index is 962. The Labute approximate surface area is 156 Å². The van der Waals surface area contributed by atoms with Crippen molar-refractivity contribution in [1.29, 1.82) is 0 Å². The van der Waals surface area contributed by atoms with E-state index in [4.69, 9.17) is 4.74 Å². The van der Waals surface area contributed by atoms with Crippen LogP contribution in [0.3, 0.4) is 0 Å². The van der Waals surface area contributed by atoms with Crippen LogP contribution >= 0.6 is 0 Å². The molecular weight excluding hydrogens is 386 g/mol. The predicted molar refractivity (Wildman–Crippen MR) is 89.7 cm³/mol. The summed E-state index contributed by atoms with van der Waals surface area (Å²) in [6.45, 7) is 1.19. The lowest BCUT2D eigenvalue weighted by molar-refractivity contribution is -0.274. The molecule has 0 amide bonds. The Balaban J connectivity index is 2.11. The molecular formula is C20H12F6O2. The summed E-state index contributed by atoms with van der Waals surface area (Å²) in [4.78, 5) is 0. The van der Waals surface area contributed by atoms with E-state index in [0.717, 1.165) is 18.2 Å². The minimum absolute atomic E-state index is 0.0251. The molecule has 0 spiro atoms. The average molecular weight is 398 g/mol. The molecule has 0 bridgehead atoms. The van der Waals surface area contributed by atoms with Crippen LogP contribution in [0.5, 0.6) is 11.5 Å². The quantitative estimate of drug-likeness (QED) is 0.453. The van der Waals surface area contributed by atoms with Gasteiger partial charge in [0.2, 0.25) is 6.10 Å². The Morgan fingerprint density at radius 1 is 0.964 bits per heavy atom. The molecule has 1 aliphatic heterocycles. The molecule has 1 aliphatic rings. The minimum Gasteiger partial charge on any atom is -0.475 e. The summed E-state index contributed by atoms with van der Waals surface area (Å²) in [6.07, 6.45) is -10.7. The number of rotatable bonds is 1. The molecule has 0 aliphatic carbocycles. The lowest BCUT2D eigenvalue weighted by atomic mass is 9.99. The zero-order chi connectivity index (χ0) is 20.5. The standard InChI is InChI=1S/C20H12F6O2/c1-12-9-15-11-16(28-20(24,25)26)10-14(8-7-13-5-3-2-4-6-13)17(15)27-18(12)19(21,22)23/h2-6,9-11,18H,1H3. The summed E-state index contributed by atoms with van der Waals surface area (Å²) in [5.41, 5.74) is 0.232. The third-order valence-electron chi connectivity index (χ3n) is 3.77. The van der Waals surface area contributed by atoms with E-state index < -0.39 is 24.4 Å². The second-order valence-corrected chi connectivity index (χ2v) is 5.98. The first-order valence-corrected chi connectivity index (χ1v) is 7.95. The van der Waals surface area contributed by atoms with Crippen molar-refractivity contribution in [2.24, 2.45) is 0 Å². The molecule has 0 aromatic heterocycles. The van der Waals surface area contributed by atoms with Gasteiger partial charge in [-0.15, -0.1) is 13.2 Å². The average Bonchev–Trinajstić information content (AvgIpc) is 2.57. The molecule has 8 heteroatoms. The molecule has 3 rings (SSSR count). The molecule has 146 valence electrons. The summed E-state index contributed by atoms with van der Waals surface area (Å²) < 4.78 is 86.4. The summed E-state index contributed by atoms with van der Waals surface area (Å²) in [6, 6.07) is 10.3. The number of halogens is 6. The third kappa shape index (κ3) is 4.60. The van der Waals surface area contributed by atoms with Gasteiger partial charge in [-0.25, -0.2) is 0 Å². The number of benzene rings is 2. The maximum Gasteiger partial charge on any atom is 0.573 e. The van der Waals surface area contributed by atoms with Crippen LogP contribution in [0, 0.1) is 11.8 Å². The molecule has 0 saturated carbocycles. The van der Waals surface area contributed by atoms with E-state index >= 15 is 0 Å². The van der Waals surface area contributed by atoms with Gasteiger partial charge in [0, 0.05) is 11.1 Å². The largest absolute Gasteiger partial charge is 0.573 e. The van der Waals surface area contributed by atoms with E-state index in [1.165, 1.54) is 6.92 Å². The molecule has 1 atom stereocenters. The molecule has 0 saturated heterocycles. The summed E-state index contributed by atoms with van der Waals surface area (Å²) in [7, 11) is 0. The molecule has 0 radical (unpaired) electrons. The first-order chi connectivity index (χ1) is 13.0. The molecule has 2 aromatic rings. The van der Waals surface area contributed by atoms with Crippen molar-refractivity contribution in [1.82, 2.24) is 0 Å². The Morgan fingerprint density at radius 3 is 2.25 bits per heavy atom. The van der Waals surface area contributed by atoms with Gasteiger partial charge in [0.05, 0.1) is 5.56 Å². The fourth-order valence-electron chi connectivity index (χ4n) is 2.67. The number of hydrogen-bond acceptors (Lipinski definition) is 2. The van der Waals surface area contributed by atoms with E-state index in [1.54, 1.807) is 30.3 Å². The first-order valence-electron chi connectivity index (χ1n) is 7.95. The molecule has 0 fully saturated rings. The number of hydrogen-bond donors (Lipinski definition) is 0. The van der Waals surface area contributed by atoms with Gasteiger partial charge in [-0.2, -0.15) is 13.2 Å². The van der Waals surface area contributed by atoms with Crippen molar-refractivity contribution in [3.63, 3.8) is 0 Å². The second kappa shape index (κ2) is 7.15. The van der Waals surface area contributed by atoms with Gasteiger partial charge < -0.3 is 9.47 Å². The zero-order valence-electron chi connectivity index (χ0n) is 14.3. The molecule has 1 heterocycles. The van der Waals surface area contributed by atoms with E-state index in [9.17, 15) is 26.3 Å². The van der Waals surface area contributed by atoms with Crippen molar-refractivity contribution in [3.8, 4) is 23.3 Å². The van der Waals surface area contributed by atoms with Crippen LogP contribution < -0.4 is 9.47 Å². The fourth-order valence-corrected chi connectivity index (χ4v) is 2.67. The van der Waals surface area contributed by atoms with Crippen molar-refractivity contribution < 1.29 is 35.8 Å². The lowest BCUT2D eigenvalue weighted by Crippen LogP contribution is -2.37. The highest BCUT2D eigenvalue weighted by Crippen LogP contribution is 2.41. The van der Waals surface area contributed by atoms with Gasteiger partial charge in [-0.1, -0.05) is 30.0 Å². The molecule has 28 heavy (non-hydrogen) atoms. The van der Waals surface area contributed by atoms with Crippen LogP contribution in [0.25, 0.3) is 6.08 Å². The molecule has 2 aromatic carbocycles. The highest BCUT2D eigenvalue weighted by molar-refractivity contribution is 5.70. The van der Waals surface area contributed by atoms with Crippen LogP contribution in [0.1, 0.15) is 23.6 Å². The Kier molecular flexibility index (Phi) is 5.02. The number of fused-ring (bicyclic) bond motifs is 1. The Morgan fingerprint density at radius 2 is 1.64 bits per heavy atom. The molecule has 2 nitrogen and oxygen atoms in total. The van der Waals surface area contributed by atoms with Gasteiger partial charge in [0.25, 0.3) is 0 Å². The minimum atomic E-state index is -4.96. The topological polar surface area (TPSA) is 18.5 Å². The van der Waals surface area contributed by atoms with E-state index in [-0.39, 0.29) is 22.4 Å². The smallest absolute Gasteiger partial charge is 0.475 e. The van der Waals surface area contributed by atoms with Crippen LogP contribution in [0.2, 0.25) is 0 Å². The van der Waals surface area contributed by atoms with E-state index in [0.29, 0.717) is 5.56 Å². The van der Waals surface area contributed by atoms with Crippen molar-refractivity contribution in [3.05, 3.63) is 64.7 Å². The fraction of sp³-hybridized carbons (Fsp3) is 0.200. The van der Waals surface area contributed by atoms with Crippen LogP contribution in [-0.4, -0.2) is 18.6 Å². The van der Waals surface area contributed by atoms with Crippen molar-refractivity contribution in [2.45, 2.75) is 25.6 Å². The molecule has 0 N–H and O–H groups in total. The zero-order valence-corrected chi connectivity index (χ0v) is 14.3. The van der Waals surface area contributed by atoms with E-state index in [1.807, 2.05) is 0 Å².